The van der Waals surface area contributed by atoms with E-state index in [-0.39, 0.29) is 17.9 Å². The Balaban J connectivity index is 1.42. The minimum Gasteiger partial charge on any atom is -0.352 e. The fourth-order valence-corrected chi connectivity index (χ4v) is 4.56. The number of nitrogens with one attached hydrogen (secondary N) is 1. The highest BCUT2D eigenvalue weighted by Gasteiger charge is 2.24. The van der Waals surface area contributed by atoms with Gasteiger partial charge >= 0.3 is 0 Å². The first kappa shape index (κ1) is 22.3. The molecule has 3 aromatic rings. The SMILES string of the molecule is CC1CCCCN1C(=O)Cn1c(CCCNC(=O)c2cccc(Cl)c2)nc2ccccc21. The van der Waals surface area contributed by atoms with Gasteiger partial charge in [-0.15, -0.1) is 0 Å². The van der Waals surface area contributed by atoms with Crippen molar-refractivity contribution in [1.82, 2.24) is 19.8 Å². The van der Waals surface area contributed by atoms with E-state index in [1.165, 1.54) is 6.42 Å². The first-order chi connectivity index (χ1) is 15.5. The van der Waals surface area contributed by atoms with E-state index in [0.29, 0.717) is 30.1 Å². The summed E-state index contributed by atoms with van der Waals surface area (Å²) in [7, 11) is 0. The molecule has 0 aliphatic carbocycles. The first-order valence-corrected chi connectivity index (χ1v) is 11.7. The number of carbonyl (C=O) groups is 2. The van der Waals surface area contributed by atoms with Crippen LogP contribution in [0.5, 0.6) is 0 Å². The van der Waals surface area contributed by atoms with Gasteiger partial charge in [-0.05, 0) is 62.9 Å². The summed E-state index contributed by atoms with van der Waals surface area (Å²) in [5.41, 5.74) is 2.42. The highest BCUT2D eigenvalue weighted by Crippen LogP contribution is 2.20. The Labute approximate surface area is 193 Å². The van der Waals surface area contributed by atoms with E-state index < -0.39 is 0 Å². The predicted octanol–water partition coefficient (Wildman–Crippen LogP) is 4.45. The number of aromatic nitrogens is 2. The molecule has 1 aliphatic heterocycles. The van der Waals surface area contributed by atoms with Crippen LogP contribution in [0.4, 0.5) is 0 Å². The Morgan fingerprint density at radius 2 is 2.00 bits per heavy atom. The Kier molecular flexibility index (Phi) is 7.10. The minimum atomic E-state index is -0.143. The Bertz CT molecular complexity index is 1110. The number of amides is 2. The van der Waals surface area contributed by atoms with E-state index in [9.17, 15) is 9.59 Å². The zero-order valence-electron chi connectivity index (χ0n) is 18.4. The molecule has 2 aromatic carbocycles. The summed E-state index contributed by atoms with van der Waals surface area (Å²) < 4.78 is 2.04. The average Bonchev–Trinajstić information content (AvgIpc) is 3.14. The molecule has 7 heteroatoms. The number of piperidine rings is 1. The number of rotatable bonds is 7. The van der Waals surface area contributed by atoms with Crippen molar-refractivity contribution < 1.29 is 9.59 Å². The lowest BCUT2D eigenvalue weighted by molar-refractivity contribution is -0.135. The lowest BCUT2D eigenvalue weighted by atomic mass is 10.0. The maximum Gasteiger partial charge on any atom is 0.251 e. The Hall–Kier alpha value is -2.86. The third-order valence-electron chi connectivity index (χ3n) is 6.10. The smallest absolute Gasteiger partial charge is 0.251 e. The quantitative estimate of drug-likeness (QED) is 0.538. The second-order valence-electron chi connectivity index (χ2n) is 8.40. The Morgan fingerprint density at radius 3 is 2.81 bits per heavy atom. The van der Waals surface area contributed by atoms with E-state index in [1.807, 2.05) is 33.7 Å². The standard InChI is InChI=1S/C25H29ClN4O2/c1-18-8-4-5-15-29(18)24(31)17-30-22-12-3-2-11-21(22)28-23(30)13-7-14-27-25(32)19-9-6-10-20(26)16-19/h2-3,6,9-12,16,18H,4-5,7-8,13-15,17H2,1H3,(H,27,32). The molecule has 1 aromatic heterocycles. The molecule has 1 saturated heterocycles. The number of halogens is 1. The van der Waals surface area contributed by atoms with Crippen LogP contribution in [-0.4, -0.2) is 45.4 Å². The van der Waals surface area contributed by atoms with Gasteiger partial charge in [0.15, 0.2) is 0 Å². The summed E-state index contributed by atoms with van der Waals surface area (Å²) in [6.45, 7) is 3.78. The fraction of sp³-hybridized carbons (Fsp3) is 0.400. The van der Waals surface area contributed by atoms with Crippen molar-refractivity contribution in [1.29, 1.82) is 0 Å². The number of hydrogen-bond acceptors (Lipinski definition) is 3. The van der Waals surface area contributed by atoms with Crippen molar-refractivity contribution >= 4 is 34.4 Å². The molecule has 2 amide bonds. The maximum absolute atomic E-state index is 13.1. The molecular formula is C25H29ClN4O2. The van der Waals surface area contributed by atoms with Gasteiger partial charge in [0.25, 0.3) is 5.91 Å². The van der Waals surface area contributed by atoms with Crippen LogP contribution in [0.15, 0.2) is 48.5 Å². The number of para-hydroxylation sites is 2. The molecule has 1 aliphatic rings. The van der Waals surface area contributed by atoms with Crippen molar-refractivity contribution in [3.05, 3.63) is 64.9 Å². The lowest BCUT2D eigenvalue weighted by Gasteiger charge is -2.33. The maximum atomic E-state index is 13.1. The number of hydrogen-bond donors (Lipinski definition) is 1. The monoisotopic (exact) mass is 452 g/mol. The molecule has 1 unspecified atom stereocenters. The van der Waals surface area contributed by atoms with Gasteiger partial charge in [0.2, 0.25) is 5.91 Å². The van der Waals surface area contributed by atoms with Crippen LogP contribution in [-0.2, 0) is 17.8 Å². The van der Waals surface area contributed by atoms with Gasteiger partial charge in [-0.2, -0.15) is 0 Å². The van der Waals surface area contributed by atoms with E-state index in [4.69, 9.17) is 16.6 Å². The van der Waals surface area contributed by atoms with Crippen LogP contribution in [0.1, 0.15) is 48.8 Å². The van der Waals surface area contributed by atoms with Gasteiger partial charge in [0.1, 0.15) is 12.4 Å². The molecule has 1 N–H and O–H groups in total. The molecule has 0 saturated carbocycles. The zero-order valence-corrected chi connectivity index (χ0v) is 19.1. The van der Waals surface area contributed by atoms with E-state index in [2.05, 4.69) is 12.2 Å². The van der Waals surface area contributed by atoms with E-state index >= 15 is 0 Å². The molecule has 0 spiro atoms. The fourth-order valence-electron chi connectivity index (χ4n) is 4.37. The molecular weight excluding hydrogens is 424 g/mol. The molecule has 2 heterocycles. The highest BCUT2D eigenvalue weighted by molar-refractivity contribution is 6.30. The van der Waals surface area contributed by atoms with Crippen LogP contribution in [0.3, 0.4) is 0 Å². The van der Waals surface area contributed by atoms with Crippen molar-refractivity contribution in [2.45, 2.75) is 51.6 Å². The first-order valence-electron chi connectivity index (χ1n) is 11.3. The van der Waals surface area contributed by atoms with Crippen LogP contribution in [0.25, 0.3) is 11.0 Å². The van der Waals surface area contributed by atoms with Crippen LogP contribution >= 0.6 is 11.6 Å². The number of likely N-dealkylation sites (tertiary alicyclic amines) is 1. The summed E-state index contributed by atoms with van der Waals surface area (Å²) >= 11 is 5.97. The normalized spacial score (nSPS) is 16.3. The van der Waals surface area contributed by atoms with Crippen molar-refractivity contribution in [2.24, 2.45) is 0 Å². The van der Waals surface area contributed by atoms with Gasteiger partial charge < -0.3 is 14.8 Å². The zero-order chi connectivity index (χ0) is 22.5. The number of benzene rings is 2. The van der Waals surface area contributed by atoms with Gasteiger partial charge in [0.05, 0.1) is 11.0 Å². The summed E-state index contributed by atoms with van der Waals surface area (Å²) in [6.07, 6.45) is 4.72. The second kappa shape index (κ2) is 10.2. The molecule has 6 nitrogen and oxygen atoms in total. The van der Waals surface area contributed by atoms with Crippen LogP contribution in [0, 0.1) is 0 Å². The van der Waals surface area contributed by atoms with Gasteiger partial charge in [-0.25, -0.2) is 4.98 Å². The number of imidazole rings is 1. The molecule has 1 fully saturated rings. The molecule has 32 heavy (non-hydrogen) atoms. The third-order valence-corrected chi connectivity index (χ3v) is 6.33. The number of carbonyl (C=O) groups excluding carboxylic acids is 2. The lowest BCUT2D eigenvalue weighted by Crippen LogP contribution is -2.43. The molecule has 1 atom stereocenters. The minimum absolute atomic E-state index is 0.143. The average molecular weight is 453 g/mol. The van der Waals surface area contributed by atoms with Gasteiger partial charge in [0, 0.05) is 36.1 Å². The Morgan fingerprint density at radius 1 is 1.16 bits per heavy atom. The van der Waals surface area contributed by atoms with E-state index in [1.54, 1.807) is 24.3 Å². The van der Waals surface area contributed by atoms with Crippen molar-refractivity contribution in [3.8, 4) is 0 Å². The molecule has 0 bridgehead atoms. The van der Waals surface area contributed by atoms with Crippen LogP contribution < -0.4 is 5.32 Å². The molecule has 168 valence electrons. The molecule has 0 radical (unpaired) electrons. The van der Waals surface area contributed by atoms with Crippen LogP contribution in [0.2, 0.25) is 5.02 Å². The second-order valence-corrected chi connectivity index (χ2v) is 8.84. The number of fused-ring (bicyclic) bond motifs is 1. The summed E-state index contributed by atoms with van der Waals surface area (Å²) in [5.74, 6) is 0.882. The predicted molar refractivity (Wildman–Crippen MR) is 127 cm³/mol. The highest BCUT2D eigenvalue weighted by atomic mass is 35.5. The van der Waals surface area contributed by atoms with Gasteiger partial charge in [-0.3, -0.25) is 9.59 Å². The summed E-state index contributed by atoms with van der Waals surface area (Å²) in [5, 5.41) is 3.48. The van der Waals surface area contributed by atoms with Crippen molar-refractivity contribution in [3.63, 3.8) is 0 Å². The van der Waals surface area contributed by atoms with Crippen molar-refractivity contribution in [2.75, 3.05) is 13.1 Å². The van der Waals surface area contributed by atoms with E-state index in [0.717, 1.165) is 42.7 Å². The largest absolute Gasteiger partial charge is 0.352 e. The molecule has 4 rings (SSSR count). The summed E-state index contributed by atoms with van der Waals surface area (Å²) in [6, 6.07) is 15.1. The van der Waals surface area contributed by atoms with Gasteiger partial charge in [-0.1, -0.05) is 29.8 Å². The third kappa shape index (κ3) is 5.13. The number of nitrogens with zero attached hydrogens (tertiary/aromatic N) is 3. The topological polar surface area (TPSA) is 67.2 Å². The summed E-state index contributed by atoms with van der Waals surface area (Å²) in [4.78, 5) is 32.2. The number of aryl methyl sites for hydroxylation is 1.